The van der Waals surface area contributed by atoms with E-state index in [9.17, 15) is 14.9 Å². The third kappa shape index (κ3) is 6.22. The molecular weight excluding hydrogens is 306 g/mol. The van der Waals surface area contributed by atoms with Crippen molar-refractivity contribution in [1.82, 2.24) is 0 Å². The molecule has 1 unspecified atom stereocenters. The van der Waals surface area contributed by atoms with E-state index in [1.54, 1.807) is 36.4 Å². The van der Waals surface area contributed by atoms with Crippen LogP contribution in [0, 0.1) is 10.1 Å². The van der Waals surface area contributed by atoms with Crippen LogP contribution in [0.3, 0.4) is 0 Å². The fraction of sp³-hybridized carbons (Fsp3) is 0.400. The number of hydrogen-bond donors (Lipinski definition) is 0. The molecule has 1 aromatic carbocycles. The van der Waals surface area contributed by atoms with Crippen LogP contribution >= 0.6 is 11.6 Å². The minimum Gasteiger partial charge on any atom is -0.301 e. The standard InChI is InChI=1S/C15H20ClNO3Si/c1-21(2,3)15(18)6-4-5-13(11-17(19)20)12-7-9-14(16)10-8-12/h4,6-10,13H,5,11H2,1-3H3/b6-4+. The average molecular weight is 326 g/mol. The van der Waals surface area contributed by atoms with Crippen molar-refractivity contribution in [3.05, 3.63) is 57.1 Å². The highest BCUT2D eigenvalue weighted by molar-refractivity contribution is 7.04. The number of halogens is 1. The second kappa shape index (κ2) is 7.52. The Hall–Kier alpha value is -1.46. The molecule has 1 aromatic rings. The quantitative estimate of drug-likeness (QED) is 0.328. The number of carbonyl (C=O) groups is 1. The van der Waals surface area contributed by atoms with Crippen molar-refractivity contribution < 1.29 is 9.72 Å². The molecule has 6 heteroatoms. The predicted octanol–water partition coefficient (Wildman–Crippen LogP) is 4.09. The molecule has 1 atom stereocenters. The second-order valence-electron chi connectivity index (χ2n) is 6.02. The first-order chi connectivity index (χ1) is 9.70. The number of nitro groups is 1. The molecule has 4 nitrogen and oxygen atoms in total. The van der Waals surface area contributed by atoms with Gasteiger partial charge >= 0.3 is 0 Å². The van der Waals surface area contributed by atoms with Gasteiger partial charge < -0.3 is 4.79 Å². The highest BCUT2D eigenvalue weighted by Gasteiger charge is 2.22. The highest BCUT2D eigenvalue weighted by Crippen LogP contribution is 2.22. The lowest BCUT2D eigenvalue weighted by Crippen LogP contribution is -2.31. The van der Waals surface area contributed by atoms with E-state index >= 15 is 0 Å². The van der Waals surface area contributed by atoms with E-state index in [0.717, 1.165) is 5.56 Å². The molecule has 0 N–H and O–H groups in total. The second-order valence-corrected chi connectivity index (χ2v) is 11.4. The summed E-state index contributed by atoms with van der Waals surface area (Å²) in [5, 5.41) is 11.6. The topological polar surface area (TPSA) is 60.2 Å². The molecule has 1 rings (SSSR count). The number of allylic oxidation sites excluding steroid dienone is 2. The Balaban J connectivity index is 2.80. The Morgan fingerprint density at radius 1 is 1.33 bits per heavy atom. The van der Waals surface area contributed by atoms with Crippen molar-refractivity contribution in [2.45, 2.75) is 32.0 Å². The first kappa shape index (κ1) is 17.6. The van der Waals surface area contributed by atoms with Crippen molar-refractivity contribution in [2.75, 3.05) is 6.54 Å². The van der Waals surface area contributed by atoms with Crippen molar-refractivity contribution in [3.8, 4) is 0 Å². The van der Waals surface area contributed by atoms with Gasteiger partial charge in [-0.05, 0) is 30.2 Å². The Labute approximate surface area is 131 Å². The van der Waals surface area contributed by atoms with Crippen LogP contribution in [0.4, 0.5) is 0 Å². The van der Waals surface area contributed by atoms with Gasteiger partial charge in [0, 0.05) is 9.95 Å². The summed E-state index contributed by atoms with van der Waals surface area (Å²) in [4.78, 5) is 22.3. The van der Waals surface area contributed by atoms with Crippen LogP contribution in [-0.4, -0.2) is 24.9 Å². The summed E-state index contributed by atoms with van der Waals surface area (Å²) >= 11 is 5.83. The summed E-state index contributed by atoms with van der Waals surface area (Å²) in [6.07, 6.45) is 3.80. The van der Waals surface area contributed by atoms with E-state index in [1.807, 2.05) is 19.6 Å². The monoisotopic (exact) mass is 325 g/mol. The normalized spacial score (nSPS) is 13.3. The van der Waals surface area contributed by atoms with Gasteiger partial charge in [-0.1, -0.05) is 49.5 Å². The molecule has 114 valence electrons. The van der Waals surface area contributed by atoms with Gasteiger partial charge in [0.05, 0.1) is 5.92 Å². The van der Waals surface area contributed by atoms with Gasteiger partial charge in [-0.3, -0.25) is 10.1 Å². The van der Waals surface area contributed by atoms with Crippen molar-refractivity contribution in [1.29, 1.82) is 0 Å². The molecule has 0 aromatic heterocycles. The average Bonchev–Trinajstić information content (AvgIpc) is 2.36. The molecule has 0 saturated heterocycles. The maximum Gasteiger partial charge on any atom is 0.210 e. The predicted molar refractivity (Wildman–Crippen MR) is 88.2 cm³/mol. The summed E-state index contributed by atoms with van der Waals surface area (Å²) in [7, 11) is -1.83. The molecule has 0 spiro atoms. The van der Waals surface area contributed by atoms with Crippen LogP contribution in [0.25, 0.3) is 0 Å². The van der Waals surface area contributed by atoms with Gasteiger partial charge in [-0.2, -0.15) is 0 Å². The number of benzene rings is 1. The van der Waals surface area contributed by atoms with E-state index in [4.69, 9.17) is 11.6 Å². The van der Waals surface area contributed by atoms with Crippen LogP contribution in [0.1, 0.15) is 17.9 Å². The fourth-order valence-corrected chi connectivity index (χ4v) is 2.56. The molecule has 0 saturated carbocycles. The number of hydrogen-bond acceptors (Lipinski definition) is 3. The van der Waals surface area contributed by atoms with E-state index in [0.29, 0.717) is 11.4 Å². The molecule has 21 heavy (non-hydrogen) atoms. The number of carbonyl (C=O) groups excluding carboxylic acids is 1. The number of nitrogens with zero attached hydrogens (tertiary/aromatic N) is 1. The van der Waals surface area contributed by atoms with Crippen LogP contribution in [0.5, 0.6) is 0 Å². The summed E-state index contributed by atoms with van der Waals surface area (Å²) in [6, 6.07) is 7.04. The minimum absolute atomic E-state index is 0.151. The van der Waals surface area contributed by atoms with E-state index < -0.39 is 8.07 Å². The molecule has 0 bridgehead atoms. The lowest BCUT2D eigenvalue weighted by Gasteiger charge is -2.12. The molecule has 0 aliphatic rings. The van der Waals surface area contributed by atoms with Gasteiger partial charge in [0.15, 0.2) is 0 Å². The van der Waals surface area contributed by atoms with Crippen LogP contribution in [-0.2, 0) is 4.79 Å². The van der Waals surface area contributed by atoms with Gasteiger partial charge in [-0.15, -0.1) is 0 Å². The minimum atomic E-state index is -1.83. The first-order valence-corrected chi connectivity index (χ1v) is 10.7. The number of rotatable bonds is 7. The maximum absolute atomic E-state index is 11.9. The molecule has 0 aliphatic carbocycles. The van der Waals surface area contributed by atoms with Crippen molar-refractivity contribution in [2.24, 2.45) is 0 Å². The van der Waals surface area contributed by atoms with Crippen LogP contribution < -0.4 is 0 Å². The Morgan fingerprint density at radius 3 is 2.38 bits per heavy atom. The van der Waals surface area contributed by atoms with E-state index in [-0.39, 0.29) is 22.8 Å². The third-order valence-electron chi connectivity index (χ3n) is 3.14. The zero-order valence-corrected chi connectivity index (χ0v) is 14.3. The summed E-state index contributed by atoms with van der Waals surface area (Å²) in [5.41, 5.74) is 0.862. The molecule has 0 amide bonds. The van der Waals surface area contributed by atoms with E-state index in [2.05, 4.69) is 0 Å². The van der Waals surface area contributed by atoms with Crippen LogP contribution in [0.15, 0.2) is 36.4 Å². The Kier molecular flexibility index (Phi) is 6.30. The molecule has 0 radical (unpaired) electrons. The zero-order chi connectivity index (χ0) is 16.0. The largest absolute Gasteiger partial charge is 0.301 e. The molecule has 0 heterocycles. The molecule has 0 aliphatic heterocycles. The molecular formula is C15H20ClNO3Si. The van der Waals surface area contributed by atoms with Gasteiger partial charge in [-0.25, -0.2) is 0 Å². The lowest BCUT2D eigenvalue weighted by molar-refractivity contribution is -0.483. The third-order valence-corrected chi connectivity index (χ3v) is 5.04. The first-order valence-electron chi connectivity index (χ1n) is 6.78. The van der Waals surface area contributed by atoms with Gasteiger partial charge in [0.2, 0.25) is 6.54 Å². The smallest absolute Gasteiger partial charge is 0.210 e. The van der Waals surface area contributed by atoms with Gasteiger partial charge in [0.1, 0.15) is 13.5 Å². The Morgan fingerprint density at radius 2 is 1.90 bits per heavy atom. The van der Waals surface area contributed by atoms with Crippen molar-refractivity contribution >= 4 is 25.1 Å². The lowest BCUT2D eigenvalue weighted by atomic mass is 9.95. The molecule has 0 fully saturated rings. The summed E-state index contributed by atoms with van der Waals surface area (Å²) < 4.78 is 0. The Bertz CT molecular complexity index is 535. The maximum atomic E-state index is 11.9. The summed E-state index contributed by atoms with van der Waals surface area (Å²) in [6.45, 7) is 5.78. The highest BCUT2D eigenvalue weighted by atomic mass is 35.5. The van der Waals surface area contributed by atoms with Crippen molar-refractivity contribution in [3.63, 3.8) is 0 Å². The van der Waals surface area contributed by atoms with Crippen LogP contribution in [0.2, 0.25) is 24.7 Å². The fourth-order valence-electron chi connectivity index (χ4n) is 1.82. The zero-order valence-electron chi connectivity index (χ0n) is 12.5. The SMILES string of the molecule is C[Si](C)(C)C(=O)/C=C/CC(C[N+](=O)[O-])c1ccc(Cl)cc1. The van der Waals surface area contributed by atoms with E-state index in [1.165, 1.54) is 0 Å². The summed E-state index contributed by atoms with van der Waals surface area (Å²) in [5.74, 6) is -0.247. The van der Waals surface area contributed by atoms with Gasteiger partial charge in [0.25, 0.3) is 0 Å².